The molecule has 0 saturated carbocycles. The van der Waals surface area contributed by atoms with Crippen molar-refractivity contribution in [2.75, 3.05) is 0 Å². The minimum absolute atomic E-state index is 0.0305. The van der Waals surface area contributed by atoms with Crippen molar-refractivity contribution in [3.63, 3.8) is 0 Å². The first-order valence-corrected chi connectivity index (χ1v) is 7.49. The maximum absolute atomic E-state index is 12.6. The van der Waals surface area contributed by atoms with E-state index in [4.69, 9.17) is 16.8 Å². The van der Waals surface area contributed by atoms with Gasteiger partial charge in [0.05, 0.1) is 27.7 Å². The van der Waals surface area contributed by atoms with Gasteiger partial charge in [0.2, 0.25) is 0 Å². The second-order valence-electron chi connectivity index (χ2n) is 5.11. The molecule has 0 radical (unpaired) electrons. The molecular formula is C15H12ClF3N4O3. The maximum Gasteiger partial charge on any atom is 0.417 e. The molecule has 0 aliphatic carbocycles. The summed E-state index contributed by atoms with van der Waals surface area (Å²) in [6.07, 6.45) is -4.01. The molecule has 7 nitrogen and oxygen atoms in total. The van der Waals surface area contributed by atoms with Crippen LogP contribution in [0.25, 0.3) is 0 Å². The number of amidine groups is 1. The van der Waals surface area contributed by atoms with Gasteiger partial charge in [-0.05, 0) is 6.07 Å². The fourth-order valence-electron chi connectivity index (χ4n) is 2.09. The third-order valence-electron chi connectivity index (χ3n) is 3.37. The Morgan fingerprint density at radius 1 is 1.38 bits per heavy atom. The van der Waals surface area contributed by atoms with Crippen molar-refractivity contribution in [3.05, 3.63) is 68.5 Å². The lowest BCUT2D eigenvalue weighted by Gasteiger charge is -2.11. The van der Waals surface area contributed by atoms with Crippen LogP contribution in [-0.4, -0.2) is 21.0 Å². The number of rotatable bonds is 5. The zero-order chi connectivity index (χ0) is 19.3. The molecule has 2 rings (SSSR count). The molecule has 26 heavy (non-hydrogen) atoms. The molecule has 1 heterocycles. The van der Waals surface area contributed by atoms with E-state index >= 15 is 0 Å². The number of nitrogens with one attached hydrogen (secondary N) is 1. The molecule has 0 amide bonds. The Morgan fingerprint density at radius 2 is 2.08 bits per heavy atom. The molecule has 0 saturated heterocycles. The molecule has 0 bridgehead atoms. The first-order chi connectivity index (χ1) is 12.2. The fourth-order valence-corrected chi connectivity index (χ4v) is 2.32. The van der Waals surface area contributed by atoms with Gasteiger partial charge < -0.3 is 10.5 Å². The highest BCUT2D eigenvalue weighted by atomic mass is 35.5. The maximum atomic E-state index is 12.6. The second kappa shape index (κ2) is 8.00. The molecule has 1 aromatic carbocycles. The van der Waals surface area contributed by atoms with E-state index in [0.717, 1.165) is 6.07 Å². The molecule has 1 aromatic heterocycles. The second-order valence-corrected chi connectivity index (χ2v) is 5.52. The van der Waals surface area contributed by atoms with Gasteiger partial charge in [-0.3, -0.25) is 15.1 Å². The number of pyridine rings is 1. The minimum Gasteiger partial charge on any atom is -0.409 e. The predicted molar refractivity (Wildman–Crippen MR) is 87.1 cm³/mol. The van der Waals surface area contributed by atoms with Gasteiger partial charge in [-0.25, -0.2) is 0 Å². The zero-order valence-electron chi connectivity index (χ0n) is 13.0. The van der Waals surface area contributed by atoms with Crippen molar-refractivity contribution < 1.29 is 23.3 Å². The Hall–Kier alpha value is -2.88. The molecular weight excluding hydrogens is 377 g/mol. The Balaban J connectivity index is 2.10. The number of nitro benzene ring substituents is 1. The van der Waals surface area contributed by atoms with Gasteiger partial charge in [-0.1, -0.05) is 35.0 Å². The summed E-state index contributed by atoms with van der Waals surface area (Å²) >= 11 is 5.79. The van der Waals surface area contributed by atoms with Gasteiger partial charge in [0.1, 0.15) is 5.84 Å². The van der Waals surface area contributed by atoms with Gasteiger partial charge >= 0.3 is 6.18 Å². The Bertz CT molecular complexity index is 843. The van der Waals surface area contributed by atoms with Crippen molar-refractivity contribution in [1.82, 2.24) is 10.3 Å². The van der Waals surface area contributed by atoms with E-state index in [9.17, 15) is 23.3 Å². The van der Waals surface area contributed by atoms with Crippen LogP contribution < -0.4 is 5.32 Å². The van der Waals surface area contributed by atoms with Crippen LogP contribution in [-0.2, 0) is 19.1 Å². The summed E-state index contributed by atoms with van der Waals surface area (Å²) in [4.78, 5) is 14.1. The molecule has 0 aliphatic heterocycles. The molecule has 2 aromatic rings. The number of oxime groups is 1. The van der Waals surface area contributed by atoms with Crippen LogP contribution in [0.4, 0.5) is 18.9 Å². The van der Waals surface area contributed by atoms with Crippen molar-refractivity contribution in [3.8, 4) is 0 Å². The number of para-hydroxylation sites is 1. The summed E-state index contributed by atoms with van der Waals surface area (Å²) in [6.45, 7) is -0.128. The number of nitrogens with zero attached hydrogens (tertiary/aromatic N) is 3. The number of nitro groups is 1. The Morgan fingerprint density at radius 3 is 2.65 bits per heavy atom. The van der Waals surface area contributed by atoms with Crippen LogP contribution in [0.5, 0.6) is 0 Å². The monoisotopic (exact) mass is 388 g/mol. The Kier molecular flexibility index (Phi) is 5.98. The summed E-state index contributed by atoms with van der Waals surface area (Å²) in [5.74, 6) is -0.0305. The van der Waals surface area contributed by atoms with Crippen molar-refractivity contribution in [2.45, 2.75) is 19.1 Å². The normalized spacial score (nSPS) is 12.1. The lowest BCUT2D eigenvalue weighted by molar-refractivity contribution is -0.385. The average molecular weight is 389 g/mol. The van der Waals surface area contributed by atoms with Crippen molar-refractivity contribution >= 4 is 23.1 Å². The van der Waals surface area contributed by atoms with E-state index in [-0.39, 0.29) is 35.2 Å². The smallest absolute Gasteiger partial charge is 0.409 e. The predicted octanol–water partition coefficient (Wildman–Crippen LogP) is 3.78. The summed E-state index contributed by atoms with van der Waals surface area (Å²) in [6, 6.07) is 6.62. The molecule has 0 fully saturated rings. The number of benzene rings is 1. The summed E-state index contributed by atoms with van der Waals surface area (Å²) < 4.78 is 37.8. The minimum atomic E-state index is -4.56. The van der Waals surface area contributed by atoms with Crippen LogP contribution in [0.15, 0.2) is 41.7 Å². The molecule has 138 valence electrons. The SMILES string of the molecule is O=[N+]([O-])c1ccccc1CC(=NO)NCc1ncc(C(F)(F)F)cc1Cl. The van der Waals surface area contributed by atoms with Crippen LogP contribution in [0.1, 0.15) is 16.8 Å². The van der Waals surface area contributed by atoms with Gasteiger partial charge in [0, 0.05) is 24.2 Å². The molecule has 11 heteroatoms. The highest BCUT2D eigenvalue weighted by Crippen LogP contribution is 2.31. The van der Waals surface area contributed by atoms with Crippen molar-refractivity contribution in [1.29, 1.82) is 0 Å². The van der Waals surface area contributed by atoms with E-state index in [1.165, 1.54) is 18.2 Å². The highest BCUT2D eigenvalue weighted by Gasteiger charge is 2.31. The van der Waals surface area contributed by atoms with E-state index in [1.807, 2.05) is 0 Å². The number of aromatic nitrogens is 1. The average Bonchev–Trinajstić information content (AvgIpc) is 2.58. The first-order valence-electron chi connectivity index (χ1n) is 7.11. The number of halogens is 4. The van der Waals surface area contributed by atoms with E-state index in [0.29, 0.717) is 11.8 Å². The number of hydrogen-bond acceptors (Lipinski definition) is 5. The van der Waals surface area contributed by atoms with E-state index < -0.39 is 16.7 Å². The third kappa shape index (κ3) is 4.82. The quantitative estimate of drug-likeness (QED) is 0.267. The molecule has 0 unspecified atom stereocenters. The Labute approximate surface area is 150 Å². The van der Waals surface area contributed by atoms with Gasteiger partial charge in [-0.15, -0.1) is 0 Å². The topological polar surface area (TPSA) is 101 Å². The van der Waals surface area contributed by atoms with E-state index in [1.54, 1.807) is 6.07 Å². The third-order valence-corrected chi connectivity index (χ3v) is 3.70. The summed E-state index contributed by atoms with van der Waals surface area (Å²) in [7, 11) is 0. The molecule has 2 N–H and O–H groups in total. The standard InChI is InChI=1S/C15H12ClF3N4O3/c16-11-6-10(15(17,18)19)7-20-12(11)8-21-14(22-24)5-9-3-1-2-4-13(9)23(25)26/h1-4,6-7,24H,5,8H2,(H,21,22). The number of hydrogen-bond donors (Lipinski definition) is 2. The summed E-state index contributed by atoms with van der Waals surface area (Å²) in [5, 5.41) is 25.5. The van der Waals surface area contributed by atoms with Crippen LogP contribution in [0, 0.1) is 10.1 Å². The first kappa shape index (κ1) is 19.4. The largest absolute Gasteiger partial charge is 0.417 e. The van der Waals surface area contributed by atoms with Crippen LogP contribution in [0.2, 0.25) is 5.02 Å². The van der Waals surface area contributed by atoms with Crippen molar-refractivity contribution in [2.24, 2.45) is 5.16 Å². The lowest BCUT2D eigenvalue weighted by Crippen LogP contribution is -2.26. The molecule has 0 spiro atoms. The van der Waals surface area contributed by atoms with E-state index in [2.05, 4.69) is 15.5 Å². The summed E-state index contributed by atoms with van der Waals surface area (Å²) in [5.41, 5.74) is -0.740. The lowest BCUT2D eigenvalue weighted by atomic mass is 10.1. The van der Waals surface area contributed by atoms with Gasteiger partial charge in [0.25, 0.3) is 5.69 Å². The molecule has 0 atom stereocenters. The van der Waals surface area contributed by atoms with Crippen LogP contribution in [0.3, 0.4) is 0 Å². The number of alkyl halides is 3. The zero-order valence-corrected chi connectivity index (χ0v) is 13.8. The molecule has 0 aliphatic rings. The van der Waals surface area contributed by atoms with Gasteiger partial charge in [-0.2, -0.15) is 13.2 Å². The highest BCUT2D eigenvalue weighted by molar-refractivity contribution is 6.31. The van der Waals surface area contributed by atoms with Crippen LogP contribution >= 0.6 is 11.6 Å². The van der Waals surface area contributed by atoms with Gasteiger partial charge in [0.15, 0.2) is 0 Å². The fraction of sp³-hybridized carbons (Fsp3) is 0.200.